The van der Waals surface area contributed by atoms with Crippen LogP contribution in [-0.2, 0) is 7.05 Å². The minimum atomic E-state index is 0.507. The number of allylic oxidation sites excluding steroid dienone is 2. The molecule has 1 aromatic carbocycles. The number of halogens is 2. The second-order valence-corrected chi connectivity index (χ2v) is 6.71. The molecule has 0 aliphatic rings. The summed E-state index contributed by atoms with van der Waals surface area (Å²) in [5.74, 6) is 1.69. The van der Waals surface area contributed by atoms with Crippen molar-refractivity contribution in [2.24, 2.45) is 17.8 Å². The monoisotopic (exact) mass is 400 g/mol. The van der Waals surface area contributed by atoms with Crippen LogP contribution < -0.4 is 11.1 Å². The van der Waals surface area contributed by atoms with Crippen molar-refractivity contribution in [1.82, 2.24) is 14.5 Å². The molecular formula is C19H18Cl2N6. The van der Waals surface area contributed by atoms with Crippen LogP contribution in [0.15, 0.2) is 59.5 Å². The highest BCUT2D eigenvalue weighted by Crippen LogP contribution is 2.36. The fourth-order valence-corrected chi connectivity index (χ4v) is 3.25. The van der Waals surface area contributed by atoms with Gasteiger partial charge in [0.05, 0.1) is 27.5 Å². The lowest BCUT2D eigenvalue weighted by atomic mass is 10.2. The Kier molecular flexibility index (Phi) is 5.48. The highest BCUT2D eigenvalue weighted by molar-refractivity contribution is 6.39. The molecule has 0 fully saturated rings. The summed E-state index contributed by atoms with van der Waals surface area (Å²) < 4.78 is 1.92. The Balaban J connectivity index is 2.17. The average Bonchev–Trinajstić information content (AvgIpc) is 2.93. The Morgan fingerprint density at radius 3 is 2.63 bits per heavy atom. The quantitative estimate of drug-likeness (QED) is 0.367. The summed E-state index contributed by atoms with van der Waals surface area (Å²) in [4.78, 5) is 13.2. The van der Waals surface area contributed by atoms with Gasteiger partial charge in [-0.3, -0.25) is 0 Å². The molecule has 27 heavy (non-hydrogen) atoms. The Labute approximate surface area is 167 Å². The maximum Gasteiger partial charge on any atom is 0.159 e. The minimum absolute atomic E-state index is 0.507. The molecule has 0 saturated heterocycles. The van der Waals surface area contributed by atoms with Crippen LogP contribution >= 0.6 is 23.2 Å². The normalized spacial score (nSPS) is 12.1. The van der Waals surface area contributed by atoms with Crippen LogP contribution in [0, 0.1) is 0 Å². The molecule has 0 saturated carbocycles. The number of anilines is 1. The summed E-state index contributed by atoms with van der Waals surface area (Å²) in [6.45, 7) is 5.72. The molecule has 3 aromatic rings. The van der Waals surface area contributed by atoms with Crippen molar-refractivity contribution in [2.75, 3.05) is 5.32 Å². The molecule has 138 valence electrons. The van der Waals surface area contributed by atoms with Gasteiger partial charge in [-0.2, -0.15) is 0 Å². The zero-order valence-corrected chi connectivity index (χ0v) is 16.4. The minimum Gasteiger partial charge on any atom is -0.390 e. The molecule has 2 aromatic heterocycles. The van der Waals surface area contributed by atoms with Crippen LogP contribution in [0.1, 0.15) is 6.92 Å². The molecule has 0 radical (unpaired) electrons. The first-order valence-corrected chi connectivity index (χ1v) is 8.82. The van der Waals surface area contributed by atoms with E-state index >= 15 is 0 Å². The number of hydrogen-bond acceptors (Lipinski definition) is 4. The molecule has 0 atom stereocenters. The molecule has 0 aliphatic carbocycles. The standard InChI is InChI=1S/C19H18Cl2N6/c1-11(2)9-15(24-10-22)25-18-17-14(7-8-23-18)27(3)19(26-17)16-12(20)5-4-6-13(16)21/h4-10H,1H2,2-3H3,(H2,22,24)(H,23,25)/b15-9+. The molecule has 0 aliphatic heterocycles. The second kappa shape index (κ2) is 7.82. The molecule has 2 heterocycles. The molecular weight excluding hydrogens is 383 g/mol. The lowest BCUT2D eigenvalue weighted by molar-refractivity contribution is 0.959. The maximum absolute atomic E-state index is 6.37. The lowest BCUT2D eigenvalue weighted by Gasteiger charge is -2.07. The van der Waals surface area contributed by atoms with E-state index in [9.17, 15) is 0 Å². The molecule has 3 rings (SSSR count). The number of nitrogens with two attached hydrogens (primary N) is 1. The van der Waals surface area contributed by atoms with Gasteiger partial charge >= 0.3 is 0 Å². The summed E-state index contributed by atoms with van der Waals surface area (Å²) in [7, 11) is 1.90. The summed E-state index contributed by atoms with van der Waals surface area (Å²) in [6.07, 6.45) is 4.66. The number of hydrogen-bond donors (Lipinski definition) is 2. The van der Waals surface area contributed by atoms with Crippen molar-refractivity contribution in [2.45, 2.75) is 6.92 Å². The third kappa shape index (κ3) is 3.82. The number of aliphatic imine (C=N–C) groups is 1. The number of nitrogens with one attached hydrogen (secondary N) is 1. The van der Waals surface area contributed by atoms with Gasteiger partial charge in [0.1, 0.15) is 17.2 Å². The first-order valence-electron chi connectivity index (χ1n) is 8.06. The van der Waals surface area contributed by atoms with Crippen LogP contribution in [0.2, 0.25) is 10.0 Å². The highest BCUT2D eigenvalue weighted by Gasteiger charge is 2.18. The van der Waals surface area contributed by atoms with Gasteiger partial charge in [-0.1, -0.05) is 41.4 Å². The SMILES string of the molecule is C=C(C)/C=C(\N=CN)Nc1nccc2c1nc(-c1c(Cl)cccc1Cl)n2C. The van der Waals surface area contributed by atoms with Gasteiger partial charge in [0, 0.05) is 13.2 Å². The molecule has 8 heteroatoms. The fraction of sp³-hybridized carbons (Fsp3) is 0.105. The van der Waals surface area contributed by atoms with E-state index in [-0.39, 0.29) is 0 Å². The van der Waals surface area contributed by atoms with Crippen LogP contribution in [0.25, 0.3) is 22.4 Å². The summed E-state index contributed by atoms with van der Waals surface area (Å²) >= 11 is 12.7. The molecule has 0 unspecified atom stereocenters. The lowest BCUT2D eigenvalue weighted by Crippen LogP contribution is -2.03. The zero-order valence-electron chi connectivity index (χ0n) is 14.9. The fourth-order valence-electron chi connectivity index (χ4n) is 2.69. The summed E-state index contributed by atoms with van der Waals surface area (Å²) in [5.41, 5.74) is 8.45. The van der Waals surface area contributed by atoms with E-state index in [1.54, 1.807) is 30.5 Å². The Morgan fingerprint density at radius 2 is 2.00 bits per heavy atom. The van der Waals surface area contributed by atoms with Crippen molar-refractivity contribution in [3.05, 3.63) is 64.6 Å². The van der Waals surface area contributed by atoms with Crippen molar-refractivity contribution < 1.29 is 0 Å². The molecule has 0 spiro atoms. The first kappa shape index (κ1) is 18.9. The average molecular weight is 401 g/mol. The number of rotatable bonds is 5. The Bertz CT molecular complexity index is 1060. The maximum atomic E-state index is 6.37. The number of benzene rings is 1. The van der Waals surface area contributed by atoms with E-state index in [1.807, 2.05) is 24.6 Å². The van der Waals surface area contributed by atoms with Gasteiger partial charge in [0.15, 0.2) is 5.82 Å². The van der Waals surface area contributed by atoms with Crippen molar-refractivity contribution >= 4 is 46.4 Å². The van der Waals surface area contributed by atoms with E-state index in [0.717, 1.165) is 11.1 Å². The van der Waals surface area contributed by atoms with Crippen LogP contribution in [0.5, 0.6) is 0 Å². The third-order valence-corrected chi connectivity index (χ3v) is 4.46. The zero-order chi connectivity index (χ0) is 19.6. The predicted molar refractivity (Wildman–Crippen MR) is 113 cm³/mol. The van der Waals surface area contributed by atoms with Gasteiger partial charge in [-0.15, -0.1) is 0 Å². The van der Waals surface area contributed by atoms with Gasteiger partial charge in [-0.25, -0.2) is 15.0 Å². The Hall–Kier alpha value is -2.83. The summed E-state index contributed by atoms with van der Waals surface area (Å²) in [6, 6.07) is 7.23. The molecule has 3 N–H and O–H groups in total. The highest BCUT2D eigenvalue weighted by atomic mass is 35.5. The number of aromatic nitrogens is 3. The van der Waals surface area contributed by atoms with Crippen LogP contribution in [0.3, 0.4) is 0 Å². The third-order valence-electron chi connectivity index (χ3n) is 3.83. The van der Waals surface area contributed by atoms with E-state index in [1.165, 1.54) is 6.34 Å². The first-order chi connectivity index (χ1) is 12.9. The molecule has 0 amide bonds. The second-order valence-electron chi connectivity index (χ2n) is 5.90. The van der Waals surface area contributed by atoms with Crippen LogP contribution in [-0.4, -0.2) is 20.9 Å². The molecule has 0 bridgehead atoms. The van der Waals surface area contributed by atoms with Gasteiger partial charge in [-0.05, 0) is 31.2 Å². The van der Waals surface area contributed by atoms with Crippen molar-refractivity contribution in [3.8, 4) is 11.4 Å². The van der Waals surface area contributed by atoms with Gasteiger partial charge in [0.25, 0.3) is 0 Å². The number of pyridine rings is 1. The van der Waals surface area contributed by atoms with Crippen molar-refractivity contribution in [1.29, 1.82) is 0 Å². The van der Waals surface area contributed by atoms with Crippen LogP contribution in [0.4, 0.5) is 5.82 Å². The predicted octanol–water partition coefficient (Wildman–Crippen LogP) is 4.76. The summed E-state index contributed by atoms with van der Waals surface area (Å²) in [5, 5.41) is 4.20. The number of imidazole rings is 1. The largest absolute Gasteiger partial charge is 0.390 e. The Morgan fingerprint density at radius 1 is 1.30 bits per heavy atom. The molecule has 6 nitrogen and oxygen atoms in total. The number of fused-ring (bicyclic) bond motifs is 1. The van der Waals surface area contributed by atoms with E-state index < -0.39 is 0 Å². The smallest absolute Gasteiger partial charge is 0.159 e. The van der Waals surface area contributed by atoms with Crippen molar-refractivity contribution in [3.63, 3.8) is 0 Å². The van der Waals surface area contributed by atoms with E-state index in [2.05, 4.69) is 21.9 Å². The van der Waals surface area contributed by atoms with E-state index in [4.69, 9.17) is 33.9 Å². The van der Waals surface area contributed by atoms with Gasteiger partial charge < -0.3 is 15.6 Å². The topological polar surface area (TPSA) is 81.1 Å². The van der Waals surface area contributed by atoms with E-state index in [0.29, 0.717) is 38.6 Å². The number of nitrogens with zero attached hydrogens (tertiary/aromatic N) is 4. The van der Waals surface area contributed by atoms with Gasteiger partial charge in [0.2, 0.25) is 0 Å². The number of aryl methyl sites for hydroxylation is 1.